The Kier molecular flexibility index (Phi) is 17.4. The molecule has 0 saturated heterocycles. The second-order valence-corrected chi connectivity index (χ2v) is 17.6. The van der Waals surface area contributed by atoms with Gasteiger partial charge >= 0.3 is 0 Å². The van der Waals surface area contributed by atoms with E-state index in [1.165, 1.54) is 77.9 Å². The molecule has 2 aliphatic carbocycles. The van der Waals surface area contributed by atoms with Gasteiger partial charge < -0.3 is 42.7 Å². The van der Waals surface area contributed by atoms with E-state index in [9.17, 15) is 0 Å². The molecule has 65 heavy (non-hydrogen) atoms. The predicted molar refractivity (Wildman–Crippen MR) is 259 cm³/mol. The second kappa shape index (κ2) is 23.3. The van der Waals surface area contributed by atoms with Crippen molar-refractivity contribution in [2.24, 2.45) is 0 Å². The van der Waals surface area contributed by atoms with Crippen molar-refractivity contribution in [2.75, 3.05) is 106 Å². The van der Waals surface area contributed by atoms with Crippen LogP contribution in [-0.4, -0.2) is 116 Å². The van der Waals surface area contributed by atoms with Crippen LogP contribution in [0.2, 0.25) is 0 Å². The van der Waals surface area contributed by atoms with Crippen LogP contribution in [0.5, 0.6) is 5.75 Å². The van der Waals surface area contributed by atoms with Crippen molar-refractivity contribution in [1.29, 1.82) is 0 Å². The molecule has 2 atom stereocenters. The largest absolute Gasteiger partial charge is 0.491 e. The molecule has 0 saturated carbocycles. The normalized spacial score (nSPS) is 15.0. The molecule has 0 spiro atoms. The highest BCUT2D eigenvalue weighted by Gasteiger charge is 2.37. The lowest BCUT2D eigenvalue weighted by Gasteiger charge is -2.36. The smallest absolute Gasteiger partial charge is 0.122 e. The Balaban J connectivity index is 1.19. The maximum absolute atomic E-state index is 8.95. The Bertz CT molecular complexity index is 2330. The Morgan fingerprint density at radius 3 is 1.51 bits per heavy atom. The Morgan fingerprint density at radius 1 is 0.477 bits per heavy atom. The molecule has 0 radical (unpaired) electrons. The van der Waals surface area contributed by atoms with Crippen LogP contribution in [0.3, 0.4) is 0 Å². The first-order chi connectivity index (χ1) is 31.7. The highest BCUT2D eigenvalue weighted by atomic mass is 16.6. The average molecular weight is 887 g/mol. The van der Waals surface area contributed by atoms with Gasteiger partial charge in [0.2, 0.25) is 0 Å². The summed E-state index contributed by atoms with van der Waals surface area (Å²) in [7, 11) is 1.67. The van der Waals surface area contributed by atoms with Crippen LogP contribution in [0, 0.1) is 20.8 Å². The van der Waals surface area contributed by atoms with Crippen LogP contribution in [-0.2, 0) is 41.6 Å². The summed E-state index contributed by atoms with van der Waals surface area (Å²) in [6.07, 6.45) is 0. The minimum Gasteiger partial charge on any atom is -0.491 e. The van der Waals surface area contributed by atoms with Gasteiger partial charge in [0.15, 0.2) is 0 Å². The summed E-state index contributed by atoms with van der Waals surface area (Å²) in [5.41, 5.74) is 19.6. The third-order valence-corrected chi connectivity index (χ3v) is 13.6. The summed E-state index contributed by atoms with van der Waals surface area (Å²) in [5, 5.41) is 8.95. The fourth-order valence-electron chi connectivity index (χ4n) is 9.82. The number of benzene rings is 5. The average Bonchev–Trinajstić information content (AvgIpc) is 3.80. The van der Waals surface area contributed by atoms with E-state index in [2.05, 4.69) is 126 Å². The molecular weight excluding hydrogens is 815 g/mol. The van der Waals surface area contributed by atoms with E-state index in [-0.39, 0.29) is 18.4 Å². The minimum atomic E-state index is 0.0213. The number of aliphatic hydroxyl groups is 1. The van der Waals surface area contributed by atoms with Crippen molar-refractivity contribution in [3.8, 4) is 28.0 Å². The third kappa shape index (κ3) is 11.4. The van der Waals surface area contributed by atoms with Gasteiger partial charge in [0.05, 0.1) is 98.9 Å². The molecule has 1 N–H and O–H groups in total. The topological polar surface area (TPSA) is 84.8 Å². The molecular formula is C56H72NO8+. The number of aliphatic hydroxyl groups excluding tert-OH is 1. The molecule has 348 valence electrons. The summed E-state index contributed by atoms with van der Waals surface area (Å²) < 4.78 is 40.8. The lowest BCUT2D eigenvalue weighted by molar-refractivity contribution is -0.936. The first-order valence-electron chi connectivity index (χ1n) is 23.8. The molecule has 0 amide bonds. The molecule has 2 unspecified atom stereocenters. The Hall–Kier alpha value is -4.42. The number of rotatable bonds is 27. The summed E-state index contributed by atoms with van der Waals surface area (Å²) in [6, 6.07) is 33.0. The first kappa shape index (κ1) is 48.5. The molecule has 2 aliphatic rings. The van der Waals surface area contributed by atoms with Crippen molar-refractivity contribution in [3.63, 3.8) is 0 Å². The van der Waals surface area contributed by atoms with Crippen LogP contribution in [0.1, 0.15) is 93.8 Å². The molecule has 0 fully saturated rings. The second-order valence-electron chi connectivity index (χ2n) is 17.6. The van der Waals surface area contributed by atoms with E-state index in [1.54, 1.807) is 7.11 Å². The molecule has 0 bridgehead atoms. The van der Waals surface area contributed by atoms with Crippen LogP contribution in [0.15, 0.2) is 84.9 Å². The maximum atomic E-state index is 8.95. The quantitative estimate of drug-likeness (QED) is 0.0404. The summed E-state index contributed by atoms with van der Waals surface area (Å²) in [4.78, 5) is 0. The van der Waals surface area contributed by atoms with Crippen molar-refractivity contribution >= 4 is 0 Å². The monoisotopic (exact) mass is 887 g/mol. The van der Waals surface area contributed by atoms with Gasteiger partial charge in [-0.2, -0.15) is 0 Å². The number of fused-ring (bicyclic) bond motifs is 6. The zero-order valence-electron chi connectivity index (χ0n) is 40.0. The van der Waals surface area contributed by atoms with Crippen molar-refractivity contribution in [3.05, 3.63) is 146 Å². The highest BCUT2D eigenvalue weighted by Crippen LogP contribution is 2.56. The van der Waals surface area contributed by atoms with Crippen molar-refractivity contribution in [1.82, 2.24) is 0 Å². The van der Waals surface area contributed by atoms with E-state index in [0.717, 1.165) is 42.0 Å². The standard InChI is InChI=1S/C56H72NO8/c1-8-57(9-2,10-3)37-45-34-43(13-14-44(45)38-64-28-27-62-24-23-60-20-19-58)56-51-32-40(5)12-17-47(51)49-35-52-48(36-53(49)56)46-16-11-39(4)31-50(46)55(52)42-15-18-54(41(6)33-42)65-30-29-63-26-25-61-22-21-59-7/h11-18,31-36,55-56,58H,8-10,19-30,37-38H2,1-7H3/q+1. The van der Waals surface area contributed by atoms with Crippen LogP contribution >= 0.6 is 0 Å². The number of methoxy groups -OCH3 is 1. The third-order valence-electron chi connectivity index (χ3n) is 13.6. The lowest BCUT2D eigenvalue weighted by atomic mass is 9.84. The number of nitrogens with zero attached hydrogens (tertiary/aromatic N) is 1. The maximum Gasteiger partial charge on any atom is 0.122 e. The molecule has 0 aromatic heterocycles. The summed E-state index contributed by atoms with van der Waals surface area (Å²) >= 11 is 0. The Morgan fingerprint density at radius 2 is 0.969 bits per heavy atom. The predicted octanol–water partition coefficient (Wildman–Crippen LogP) is 9.91. The van der Waals surface area contributed by atoms with Gasteiger partial charge in [-0.05, 0) is 133 Å². The van der Waals surface area contributed by atoms with Gasteiger partial charge in [0, 0.05) is 24.5 Å². The molecule has 9 nitrogen and oxygen atoms in total. The zero-order valence-corrected chi connectivity index (χ0v) is 40.0. The van der Waals surface area contributed by atoms with Gasteiger partial charge in [-0.15, -0.1) is 0 Å². The van der Waals surface area contributed by atoms with Gasteiger partial charge in [-0.25, -0.2) is 0 Å². The zero-order chi connectivity index (χ0) is 45.8. The number of hydrogen-bond donors (Lipinski definition) is 1. The minimum absolute atomic E-state index is 0.0213. The fraction of sp³-hybridized carbons (Fsp3) is 0.464. The van der Waals surface area contributed by atoms with E-state index >= 15 is 0 Å². The SMILES string of the molecule is CC[N+](CC)(CC)Cc1cc(C2c3cc(C)ccc3-c3cc4c(cc32)-c2ccc(C)cc2C4c2ccc(OCCOCCOCCOC)c(C)c2)ccc1COCCOCCOCCO. The molecule has 0 heterocycles. The highest BCUT2D eigenvalue weighted by molar-refractivity contribution is 5.89. The molecule has 5 aromatic carbocycles. The van der Waals surface area contributed by atoms with Gasteiger partial charge in [-0.1, -0.05) is 71.8 Å². The fourth-order valence-corrected chi connectivity index (χ4v) is 9.82. The van der Waals surface area contributed by atoms with Gasteiger partial charge in [0.25, 0.3) is 0 Å². The number of ether oxygens (including phenoxy) is 7. The van der Waals surface area contributed by atoms with E-state index in [0.29, 0.717) is 79.3 Å². The van der Waals surface area contributed by atoms with Crippen LogP contribution in [0.25, 0.3) is 22.3 Å². The van der Waals surface area contributed by atoms with Crippen molar-refractivity contribution < 1.29 is 42.7 Å². The Labute approximate surface area is 388 Å². The van der Waals surface area contributed by atoms with E-state index < -0.39 is 0 Å². The number of aryl methyl sites for hydroxylation is 3. The number of quaternary nitrogens is 1. The summed E-state index contributed by atoms with van der Waals surface area (Å²) in [6.45, 7) is 23.7. The number of hydrogen-bond acceptors (Lipinski definition) is 8. The van der Waals surface area contributed by atoms with E-state index in [1.807, 2.05) is 0 Å². The molecule has 0 aliphatic heterocycles. The first-order valence-corrected chi connectivity index (χ1v) is 23.8. The van der Waals surface area contributed by atoms with Crippen LogP contribution < -0.4 is 4.74 Å². The molecule has 9 heteroatoms. The van der Waals surface area contributed by atoms with Gasteiger partial charge in [-0.3, -0.25) is 0 Å². The van der Waals surface area contributed by atoms with Gasteiger partial charge in [0.1, 0.15) is 18.9 Å². The molecule has 5 aromatic rings. The van der Waals surface area contributed by atoms with E-state index in [4.69, 9.17) is 38.3 Å². The van der Waals surface area contributed by atoms with Crippen LogP contribution in [0.4, 0.5) is 0 Å². The summed E-state index contributed by atoms with van der Waals surface area (Å²) in [5.74, 6) is 1.09. The lowest BCUT2D eigenvalue weighted by Crippen LogP contribution is -2.46. The van der Waals surface area contributed by atoms with Crippen molar-refractivity contribution in [2.45, 2.75) is 66.5 Å². The molecule has 7 rings (SSSR count).